The molecule has 2 saturated heterocycles. The normalized spacial score (nSPS) is 21.1. The average molecular weight is 362 g/mol. The molecule has 142 valence electrons. The van der Waals surface area contributed by atoms with E-state index in [1.54, 1.807) is 30.0 Å². The maximum absolute atomic E-state index is 13.8. The van der Waals surface area contributed by atoms with Crippen molar-refractivity contribution in [2.45, 2.75) is 45.1 Å². The zero-order chi connectivity index (χ0) is 18.7. The molecule has 0 aromatic heterocycles. The molecule has 0 saturated carbocycles. The number of halogens is 1. The van der Waals surface area contributed by atoms with Crippen LogP contribution < -0.4 is 0 Å². The summed E-state index contributed by atoms with van der Waals surface area (Å²) in [5, 5.41) is 9.61. The Morgan fingerprint density at radius 1 is 1.27 bits per heavy atom. The molecule has 2 fully saturated rings. The molecular weight excluding hydrogens is 335 g/mol. The smallest absolute Gasteiger partial charge is 0.227 e. The molecule has 1 aromatic carbocycles. The Morgan fingerprint density at radius 2 is 1.96 bits per heavy atom. The van der Waals surface area contributed by atoms with Crippen molar-refractivity contribution in [3.05, 3.63) is 35.6 Å². The van der Waals surface area contributed by atoms with Gasteiger partial charge in [-0.25, -0.2) is 4.39 Å². The van der Waals surface area contributed by atoms with Gasteiger partial charge in [-0.3, -0.25) is 9.59 Å². The molecule has 0 radical (unpaired) electrons. The van der Waals surface area contributed by atoms with Crippen LogP contribution in [0, 0.1) is 11.2 Å². The van der Waals surface area contributed by atoms with Crippen molar-refractivity contribution in [2.75, 3.05) is 26.2 Å². The summed E-state index contributed by atoms with van der Waals surface area (Å²) in [7, 11) is 0. The number of likely N-dealkylation sites (tertiary alicyclic amines) is 2. The van der Waals surface area contributed by atoms with Crippen LogP contribution in [-0.4, -0.2) is 59.0 Å². The van der Waals surface area contributed by atoms with Crippen molar-refractivity contribution in [1.82, 2.24) is 9.80 Å². The highest BCUT2D eigenvalue weighted by Gasteiger charge is 2.41. The van der Waals surface area contributed by atoms with Gasteiger partial charge in [0, 0.05) is 32.6 Å². The zero-order valence-corrected chi connectivity index (χ0v) is 15.3. The van der Waals surface area contributed by atoms with Crippen LogP contribution in [0.4, 0.5) is 4.39 Å². The second-order valence-electron chi connectivity index (χ2n) is 7.77. The minimum atomic E-state index is -0.531. The summed E-state index contributed by atoms with van der Waals surface area (Å²) in [5.74, 6) is -0.277. The summed E-state index contributed by atoms with van der Waals surface area (Å²) < 4.78 is 13.8. The van der Waals surface area contributed by atoms with Gasteiger partial charge in [0.15, 0.2) is 0 Å². The summed E-state index contributed by atoms with van der Waals surface area (Å²) in [6.45, 7) is 4.01. The summed E-state index contributed by atoms with van der Waals surface area (Å²) in [4.78, 5) is 28.2. The van der Waals surface area contributed by atoms with E-state index in [1.165, 1.54) is 6.07 Å². The first-order chi connectivity index (χ1) is 12.4. The Kier molecular flexibility index (Phi) is 5.61. The van der Waals surface area contributed by atoms with E-state index in [0.29, 0.717) is 38.2 Å². The van der Waals surface area contributed by atoms with Gasteiger partial charge in [0.2, 0.25) is 11.8 Å². The summed E-state index contributed by atoms with van der Waals surface area (Å²) in [6, 6.07) is 6.40. The molecule has 5 nitrogen and oxygen atoms in total. The fraction of sp³-hybridized carbons (Fsp3) is 0.600. The number of benzene rings is 1. The second-order valence-corrected chi connectivity index (χ2v) is 7.77. The number of aliphatic hydroxyl groups excluding tert-OH is 1. The van der Waals surface area contributed by atoms with E-state index < -0.39 is 6.10 Å². The van der Waals surface area contributed by atoms with Crippen LogP contribution >= 0.6 is 0 Å². The second kappa shape index (κ2) is 7.74. The lowest BCUT2D eigenvalue weighted by atomic mass is 9.72. The lowest BCUT2D eigenvalue weighted by Gasteiger charge is -2.47. The Bertz CT molecular complexity index is 669. The molecule has 1 N–H and O–H groups in total. The fourth-order valence-corrected chi connectivity index (χ4v) is 4.14. The monoisotopic (exact) mass is 362 g/mol. The van der Waals surface area contributed by atoms with Gasteiger partial charge in [-0.15, -0.1) is 0 Å². The van der Waals surface area contributed by atoms with Gasteiger partial charge in [-0.2, -0.15) is 0 Å². The number of β-amino-alcohol motifs (C(OH)–C–C–N with tert-alkyl or cyclic N) is 1. The van der Waals surface area contributed by atoms with E-state index in [9.17, 15) is 19.1 Å². The predicted octanol–water partition coefficient (Wildman–Crippen LogP) is 1.98. The van der Waals surface area contributed by atoms with E-state index in [1.807, 2.05) is 4.90 Å². The molecule has 1 atom stereocenters. The highest BCUT2D eigenvalue weighted by molar-refractivity contribution is 5.79. The SMILES string of the molecule is C[C@@H](O)CN1CC2(CCC1=O)CCN(C(=O)Cc1ccccc1F)CC2. The first-order valence-electron chi connectivity index (χ1n) is 9.36. The number of hydrogen-bond donors (Lipinski definition) is 1. The third-order valence-corrected chi connectivity index (χ3v) is 5.71. The van der Waals surface area contributed by atoms with Crippen molar-refractivity contribution >= 4 is 11.8 Å². The maximum Gasteiger partial charge on any atom is 0.227 e. The Hall–Kier alpha value is -1.95. The van der Waals surface area contributed by atoms with Crippen LogP contribution in [0.15, 0.2) is 24.3 Å². The van der Waals surface area contributed by atoms with Crippen LogP contribution in [0.5, 0.6) is 0 Å². The number of piperidine rings is 2. The third kappa shape index (κ3) is 4.23. The number of aliphatic hydroxyl groups is 1. The molecule has 1 aromatic rings. The number of carbonyl (C=O) groups excluding carboxylic acids is 2. The number of rotatable bonds is 4. The number of amides is 2. The molecule has 26 heavy (non-hydrogen) atoms. The summed E-state index contributed by atoms with van der Waals surface area (Å²) in [6.07, 6.45) is 2.61. The largest absolute Gasteiger partial charge is 0.392 e. The highest BCUT2D eigenvalue weighted by Crippen LogP contribution is 2.40. The number of hydrogen-bond acceptors (Lipinski definition) is 3. The molecule has 2 heterocycles. The zero-order valence-electron chi connectivity index (χ0n) is 15.3. The average Bonchev–Trinajstić information content (AvgIpc) is 2.60. The van der Waals surface area contributed by atoms with Crippen LogP contribution in [-0.2, 0) is 16.0 Å². The van der Waals surface area contributed by atoms with Gasteiger partial charge in [-0.1, -0.05) is 18.2 Å². The molecular formula is C20H27FN2O3. The summed E-state index contributed by atoms with van der Waals surface area (Å²) >= 11 is 0. The maximum atomic E-state index is 13.8. The number of nitrogens with zero attached hydrogens (tertiary/aromatic N) is 2. The van der Waals surface area contributed by atoms with Crippen LogP contribution in [0.2, 0.25) is 0 Å². The van der Waals surface area contributed by atoms with E-state index in [0.717, 1.165) is 19.3 Å². The van der Waals surface area contributed by atoms with Gasteiger partial charge in [0.05, 0.1) is 12.5 Å². The quantitative estimate of drug-likeness (QED) is 0.891. The van der Waals surface area contributed by atoms with Crippen molar-refractivity contribution < 1.29 is 19.1 Å². The van der Waals surface area contributed by atoms with Crippen molar-refractivity contribution in [3.8, 4) is 0 Å². The van der Waals surface area contributed by atoms with Crippen LogP contribution in [0.3, 0.4) is 0 Å². The topological polar surface area (TPSA) is 60.9 Å². The van der Waals surface area contributed by atoms with Gasteiger partial charge in [0.1, 0.15) is 5.82 Å². The van der Waals surface area contributed by atoms with Gasteiger partial charge in [0.25, 0.3) is 0 Å². The standard InChI is InChI=1S/C20H27FN2O3/c1-15(24)13-23-14-20(7-6-18(23)25)8-10-22(11-9-20)19(26)12-16-4-2-3-5-17(16)21/h2-5,15,24H,6-14H2,1H3/t15-/m1/s1. The highest BCUT2D eigenvalue weighted by atomic mass is 19.1. The lowest BCUT2D eigenvalue weighted by molar-refractivity contribution is -0.143. The fourth-order valence-electron chi connectivity index (χ4n) is 4.14. The van der Waals surface area contributed by atoms with E-state index in [-0.39, 0.29) is 29.5 Å². The lowest BCUT2D eigenvalue weighted by Crippen LogP contribution is -2.53. The van der Waals surface area contributed by atoms with E-state index in [2.05, 4.69) is 0 Å². The number of carbonyl (C=O) groups is 2. The van der Waals surface area contributed by atoms with Crippen molar-refractivity contribution in [3.63, 3.8) is 0 Å². The van der Waals surface area contributed by atoms with Gasteiger partial charge < -0.3 is 14.9 Å². The molecule has 1 spiro atoms. The molecule has 6 heteroatoms. The van der Waals surface area contributed by atoms with Crippen LogP contribution in [0.25, 0.3) is 0 Å². The first-order valence-corrected chi connectivity index (χ1v) is 9.36. The molecule has 0 aliphatic carbocycles. The Balaban J connectivity index is 1.57. The molecule has 0 unspecified atom stereocenters. The van der Waals surface area contributed by atoms with Crippen LogP contribution in [0.1, 0.15) is 38.2 Å². The molecule has 2 amide bonds. The molecule has 0 bridgehead atoms. The predicted molar refractivity (Wildman–Crippen MR) is 95.8 cm³/mol. The molecule has 2 aliphatic heterocycles. The van der Waals surface area contributed by atoms with E-state index in [4.69, 9.17) is 0 Å². The van der Waals surface area contributed by atoms with Crippen molar-refractivity contribution in [1.29, 1.82) is 0 Å². The Morgan fingerprint density at radius 3 is 2.62 bits per heavy atom. The molecule has 3 rings (SSSR count). The van der Waals surface area contributed by atoms with E-state index >= 15 is 0 Å². The van der Waals surface area contributed by atoms with Crippen molar-refractivity contribution in [2.24, 2.45) is 5.41 Å². The third-order valence-electron chi connectivity index (χ3n) is 5.71. The van der Waals surface area contributed by atoms with Gasteiger partial charge in [-0.05, 0) is 43.2 Å². The minimum absolute atomic E-state index is 0.0393. The summed E-state index contributed by atoms with van der Waals surface area (Å²) in [5.41, 5.74) is 0.474. The molecule has 2 aliphatic rings. The minimum Gasteiger partial charge on any atom is -0.392 e. The Labute approximate surface area is 153 Å². The van der Waals surface area contributed by atoms with Gasteiger partial charge >= 0.3 is 0 Å². The first kappa shape index (κ1) is 18.8.